The molecule has 100 valence electrons. The Kier molecular flexibility index (Phi) is 3.54. The molecule has 0 aliphatic rings. The number of hydrogen-bond donors (Lipinski definition) is 0. The maximum atomic E-state index is 6.20. The van der Waals surface area contributed by atoms with E-state index < -0.39 is 0 Å². The minimum Gasteiger partial charge on any atom is -0.275 e. The van der Waals surface area contributed by atoms with Crippen LogP contribution in [0.3, 0.4) is 0 Å². The van der Waals surface area contributed by atoms with E-state index >= 15 is 0 Å². The van der Waals surface area contributed by atoms with Gasteiger partial charge >= 0.3 is 0 Å². The molecule has 0 saturated heterocycles. The fraction of sp³-hybridized carbons (Fsp3) is 0.0714. The molecule has 0 spiro atoms. The first-order valence-electron chi connectivity index (χ1n) is 5.92. The van der Waals surface area contributed by atoms with Gasteiger partial charge in [-0.1, -0.05) is 41.9 Å². The van der Waals surface area contributed by atoms with E-state index in [0.29, 0.717) is 15.5 Å². The molecule has 0 atom stereocenters. The van der Waals surface area contributed by atoms with E-state index in [0.717, 1.165) is 16.8 Å². The van der Waals surface area contributed by atoms with E-state index in [1.54, 1.807) is 10.9 Å². The summed E-state index contributed by atoms with van der Waals surface area (Å²) >= 11 is 9.65. The third kappa shape index (κ3) is 2.46. The fourth-order valence-corrected chi connectivity index (χ4v) is 2.45. The standard InChI is InChI=1S/C14H10BrClN4/c1-20-8-10(7-17-20)14-18-12(11(15)13(16)19-14)9-5-3-2-4-6-9/h2-8H,1H3. The van der Waals surface area contributed by atoms with Crippen LogP contribution >= 0.6 is 27.5 Å². The predicted octanol–water partition coefficient (Wildman–Crippen LogP) is 3.96. The van der Waals surface area contributed by atoms with E-state index in [9.17, 15) is 0 Å². The molecule has 0 aliphatic carbocycles. The second-order valence-electron chi connectivity index (χ2n) is 4.27. The summed E-state index contributed by atoms with van der Waals surface area (Å²) in [5.41, 5.74) is 2.58. The molecule has 0 radical (unpaired) electrons. The second kappa shape index (κ2) is 5.34. The Bertz CT molecular complexity index is 755. The lowest BCUT2D eigenvalue weighted by molar-refractivity contribution is 0.768. The Labute approximate surface area is 129 Å². The van der Waals surface area contributed by atoms with Crippen LogP contribution in [0.1, 0.15) is 0 Å². The Morgan fingerprint density at radius 3 is 2.50 bits per heavy atom. The molecule has 4 nitrogen and oxygen atoms in total. The lowest BCUT2D eigenvalue weighted by Gasteiger charge is -2.07. The minimum absolute atomic E-state index is 0.387. The van der Waals surface area contributed by atoms with Crippen LogP contribution in [0.2, 0.25) is 5.15 Å². The zero-order chi connectivity index (χ0) is 14.1. The van der Waals surface area contributed by atoms with Gasteiger partial charge in [-0.05, 0) is 15.9 Å². The smallest absolute Gasteiger partial charge is 0.164 e. The first-order chi connectivity index (χ1) is 9.65. The molecule has 3 aromatic rings. The second-order valence-corrected chi connectivity index (χ2v) is 5.42. The van der Waals surface area contributed by atoms with Gasteiger partial charge in [0.1, 0.15) is 5.15 Å². The number of halogens is 2. The summed E-state index contributed by atoms with van der Waals surface area (Å²) < 4.78 is 2.40. The quantitative estimate of drug-likeness (QED) is 0.658. The fourth-order valence-electron chi connectivity index (χ4n) is 1.87. The van der Waals surface area contributed by atoms with Crippen molar-refractivity contribution in [2.45, 2.75) is 0 Å². The summed E-state index contributed by atoms with van der Waals surface area (Å²) in [5.74, 6) is 0.560. The zero-order valence-corrected chi connectivity index (χ0v) is 12.9. The van der Waals surface area contributed by atoms with Crippen LogP contribution in [0.25, 0.3) is 22.6 Å². The Balaban J connectivity index is 2.18. The molecule has 0 fully saturated rings. The molecular formula is C14H10BrClN4. The lowest BCUT2D eigenvalue weighted by Crippen LogP contribution is -1.94. The maximum absolute atomic E-state index is 6.20. The molecule has 20 heavy (non-hydrogen) atoms. The highest BCUT2D eigenvalue weighted by Gasteiger charge is 2.14. The summed E-state index contributed by atoms with van der Waals surface area (Å²) in [5, 5.41) is 4.52. The third-order valence-electron chi connectivity index (χ3n) is 2.82. The Morgan fingerprint density at radius 1 is 1.10 bits per heavy atom. The molecule has 0 unspecified atom stereocenters. The molecule has 0 N–H and O–H groups in total. The van der Waals surface area contributed by atoms with Crippen LogP contribution < -0.4 is 0 Å². The van der Waals surface area contributed by atoms with Crippen molar-refractivity contribution in [1.82, 2.24) is 19.7 Å². The van der Waals surface area contributed by atoms with Gasteiger partial charge in [0.2, 0.25) is 0 Å². The van der Waals surface area contributed by atoms with Crippen molar-refractivity contribution in [3.05, 3.63) is 52.4 Å². The molecule has 0 bridgehead atoms. The van der Waals surface area contributed by atoms with Crippen LogP contribution in [0.5, 0.6) is 0 Å². The topological polar surface area (TPSA) is 43.6 Å². The van der Waals surface area contributed by atoms with E-state index in [1.165, 1.54) is 0 Å². The average Bonchev–Trinajstić information content (AvgIpc) is 2.89. The molecule has 0 saturated carbocycles. The van der Waals surface area contributed by atoms with Crippen molar-refractivity contribution < 1.29 is 0 Å². The number of nitrogens with zero attached hydrogens (tertiary/aromatic N) is 4. The van der Waals surface area contributed by atoms with Crippen LogP contribution in [0.15, 0.2) is 47.2 Å². The minimum atomic E-state index is 0.387. The van der Waals surface area contributed by atoms with Gasteiger partial charge in [0, 0.05) is 18.8 Å². The highest BCUT2D eigenvalue weighted by Crippen LogP contribution is 2.33. The Hall–Kier alpha value is -1.72. The average molecular weight is 350 g/mol. The number of aromatic nitrogens is 4. The summed E-state index contributed by atoms with van der Waals surface area (Å²) in [6.07, 6.45) is 3.57. The van der Waals surface area contributed by atoms with Crippen LogP contribution in [0.4, 0.5) is 0 Å². The summed E-state index contributed by atoms with van der Waals surface area (Å²) in [4.78, 5) is 8.89. The number of rotatable bonds is 2. The molecule has 0 amide bonds. The van der Waals surface area contributed by atoms with Crippen LogP contribution in [0, 0.1) is 0 Å². The first-order valence-corrected chi connectivity index (χ1v) is 7.09. The van der Waals surface area contributed by atoms with Crippen molar-refractivity contribution in [1.29, 1.82) is 0 Å². The SMILES string of the molecule is Cn1cc(-c2nc(Cl)c(Br)c(-c3ccccc3)n2)cn1. The van der Waals surface area contributed by atoms with Gasteiger partial charge in [0.15, 0.2) is 5.82 Å². The van der Waals surface area contributed by atoms with E-state index in [-0.39, 0.29) is 0 Å². The zero-order valence-electron chi connectivity index (χ0n) is 10.6. The third-order valence-corrected chi connectivity index (χ3v) is 4.07. The van der Waals surface area contributed by atoms with Gasteiger partial charge in [-0.2, -0.15) is 5.10 Å². The van der Waals surface area contributed by atoms with Gasteiger partial charge < -0.3 is 0 Å². The molecular weight excluding hydrogens is 340 g/mol. The van der Waals surface area contributed by atoms with Gasteiger partial charge in [0.05, 0.1) is 21.9 Å². The van der Waals surface area contributed by atoms with Gasteiger partial charge in [-0.3, -0.25) is 4.68 Å². The maximum Gasteiger partial charge on any atom is 0.164 e. The monoisotopic (exact) mass is 348 g/mol. The molecule has 0 aliphatic heterocycles. The van der Waals surface area contributed by atoms with Gasteiger partial charge in [-0.15, -0.1) is 0 Å². The number of benzene rings is 1. The summed E-state index contributed by atoms with van der Waals surface area (Å²) in [6, 6.07) is 9.85. The lowest BCUT2D eigenvalue weighted by atomic mass is 10.1. The number of aryl methyl sites for hydroxylation is 1. The van der Waals surface area contributed by atoms with Gasteiger partial charge in [0.25, 0.3) is 0 Å². The van der Waals surface area contributed by atoms with Crippen molar-refractivity contribution in [3.63, 3.8) is 0 Å². The van der Waals surface area contributed by atoms with E-state index in [1.807, 2.05) is 43.6 Å². The van der Waals surface area contributed by atoms with E-state index in [4.69, 9.17) is 11.6 Å². The van der Waals surface area contributed by atoms with Crippen LogP contribution in [-0.2, 0) is 7.05 Å². The molecule has 2 aromatic heterocycles. The van der Waals surface area contributed by atoms with E-state index in [2.05, 4.69) is 31.0 Å². The molecule has 1 aromatic carbocycles. The highest BCUT2D eigenvalue weighted by molar-refractivity contribution is 9.10. The molecule has 2 heterocycles. The van der Waals surface area contributed by atoms with Crippen LogP contribution in [-0.4, -0.2) is 19.7 Å². The molecule has 6 heteroatoms. The van der Waals surface area contributed by atoms with Crippen molar-refractivity contribution in [2.75, 3.05) is 0 Å². The number of hydrogen-bond acceptors (Lipinski definition) is 3. The summed E-state index contributed by atoms with van der Waals surface area (Å²) in [6.45, 7) is 0. The molecule has 3 rings (SSSR count). The van der Waals surface area contributed by atoms with Crippen molar-refractivity contribution >= 4 is 27.5 Å². The summed E-state index contributed by atoms with van der Waals surface area (Å²) in [7, 11) is 1.85. The van der Waals surface area contributed by atoms with Crippen molar-refractivity contribution in [2.24, 2.45) is 7.05 Å². The first kappa shape index (κ1) is 13.3. The Morgan fingerprint density at radius 2 is 1.85 bits per heavy atom. The normalized spacial score (nSPS) is 10.8. The largest absolute Gasteiger partial charge is 0.275 e. The van der Waals surface area contributed by atoms with Crippen molar-refractivity contribution in [3.8, 4) is 22.6 Å². The highest BCUT2D eigenvalue weighted by atomic mass is 79.9. The predicted molar refractivity (Wildman–Crippen MR) is 82.4 cm³/mol. The van der Waals surface area contributed by atoms with Gasteiger partial charge in [-0.25, -0.2) is 9.97 Å².